The molecule has 1 aromatic carbocycles. The highest BCUT2D eigenvalue weighted by atomic mass is 79.9. The van der Waals surface area contributed by atoms with E-state index >= 15 is 0 Å². The Morgan fingerprint density at radius 3 is 2.72 bits per heavy atom. The highest BCUT2D eigenvalue weighted by molar-refractivity contribution is 9.10. The number of carbonyl (C=O) groups excluding carboxylic acids is 1. The predicted molar refractivity (Wildman–Crippen MR) is 119 cm³/mol. The third-order valence-electron chi connectivity index (χ3n) is 6.03. The van der Waals surface area contributed by atoms with Gasteiger partial charge in [-0.25, -0.2) is 22.6 Å². The third-order valence-corrected chi connectivity index (χ3v) is 8.24. The van der Waals surface area contributed by atoms with Crippen LogP contribution in [-0.4, -0.2) is 60.0 Å². The largest absolute Gasteiger partial charge is 0.460 e. The minimum absolute atomic E-state index is 0.0379. The smallest absolute Gasteiger partial charge is 0.374 e. The van der Waals surface area contributed by atoms with E-state index in [0.29, 0.717) is 24.2 Å². The molecule has 1 unspecified atom stereocenters. The monoisotopic (exact) mass is 528 g/mol. The van der Waals surface area contributed by atoms with Crippen molar-refractivity contribution in [3.05, 3.63) is 46.7 Å². The van der Waals surface area contributed by atoms with Crippen molar-refractivity contribution in [1.29, 1.82) is 0 Å². The lowest BCUT2D eigenvalue weighted by Gasteiger charge is -2.58. The molecule has 8 nitrogen and oxygen atoms in total. The minimum Gasteiger partial charge on any atom is -0.460 e. The van der Waals surface area contributed by atoms with E-state index < -0.39 is 21.8 Å². The summed E-state index contributed by atoms with van der Waals surface area (Å²) in [4.78, 5) is 16.0. The number of benzene rings is 1. The molecule has 2 aromatic rings. The summed E-state index contributed by atoms with van der Waals surface area (Å²) in [5.74, 6) is -0.923. The molecule has 1 spiro atoms. The molecule has 0 radical (unpaired) electrons. The molecule has 2 heterocycles. The predicted octanol–water partition coefficient (Wildman–Crippen LogP) is 2.79. The zero-order valence-corrected chi connectivity index (χ0v) is 20.3. The van der Waals surface area contributed by atoms with Crippen LogP contribution in [0.4, 0.5) is 4.39 Å². The summed E-state index contributed by atoms with van der Waals surface area (Å²) in [6.45, 7) is 5.44. The average Bonchev–Trinajstić information content (AvgIpc) is 3.02. The summed E-state index contributed by atoms with van der Waals surface area (Å²) in [7, 11) is -3.80. The molecule has 1 saturated heterocycles. The molecule has 1 aliphatic carbocycles. The second kappa shape index (κ2) is 8.85. The molecule has 1 aromatic heterocycles. The van der Waals surface area contributed by atoms with E-state index in [9.17, 15) is 17.6 Å². The Morgan fingerprint density at radius 2 is 2.06 bits per heavy atom. The summed E-state index contributed by atoms with van der Waals surface area (Å²) >= 11 is 3.31. The normalized spacial score (nSPS) is 19.4. The van der Waals surface area contributed by atoms with E-state index in [4.69, 9.17) is 4.74 Å². The van der Waals surface area contributed by atoms with Crippen molar-refractivity contribution in [1.82, 2.24) is 19.2 Å². The van der Waals surface area contributed by atoms with Crippen molar-refractivity contribution in [2.24, 2.45) is 5.41 Å². The van der Waals surface area contributed by atoms with Gasteiger partial charge in [-0.15, -0.1) is 0 Å². The van der Waals surface area contributed by atoms with Gasteiger partial charge in [-0.3, -0.25) is 0 Å². The van der Waals surface area contributed by atoms with Gasteiger partial charge in [0.05, 0.1) is 6.61 Å². The maximum Gasteiger partial charge on any atom is 0.374 e. The van der Waals surface area contributed by atoms with Crippen LogP contribution in [-0.2, 0) is 21.3 Å². The van der Waals surface area contributed by atoms with Gasteiger partial charge in [-0.05, 0) is 54.8 Å². The highest BCUT2D eigenvalue weighted by Gasteiger charge is 2.55. The first kappa shape index (κ1) is 23.3. The lowest BCUT2D eigenvalue weighted by atomic mass is 9.61. The molecule has 174 valence electrons. The summed E-state index contributed by atoms with van der Waals surface area (Å²) in [6, 6.07) is 5.82. The number of hydrogen-bond donors (Lipinski definition) is 1. The van der Waals surface area contributed by atoms with Crippen molar-refractivity contribution >= 4 is 31.9 Å². The van der Waals surface area contributed by atoms with E-state index in [0.717, 1.165) is 12.8 Å². The van der Waals surface area contributed by atoms with E-state index in [1.165, 1.54) is 28.6 Å². The fourth-order valence-electron chi connectivity index (χ4n) is 4.66. The number of aromatic nitrogens is 2. The lowest BCUT2D eigenvalue weighted by Crippen LogP contribution is -2.67. The summed E-state index contributed by atoms with van der Waals surface area (Å²) in [6.07, 6.45) is 3.47. The molecule has 4 rings (SSSR count). The fourth-order valence-corrected chi connectivity index (χ4v) is 6.80. The number of ether oxygens (including phenoxy) is 1. The van der Waals surface area contributed by atoms with E-state index in [1.54, 1.807) is 17.7 Å². The number of nitrogens with zero attached hydrogens (tertiary/aromatic N) is 3. The van der Waals surface area contributed by atoms with Gasteiger partial charge in [0.15, 0.2) is 0 Å². The van der Waals surface area contributed by atoms with Crippen molar-refractivity contribution in [3.63, 3.8) is 0 Å². The number of carbonyl (C=O) groups is 1. The number of hydrogen-bond acceptors (Lipinski definition) is 6. The topological polar surface area (TPSA) is 93.5 Å². The van der Waals surface area contributed by atoms with Crippen LogP contribution in [0, 0.1) is 11.2 Å². The zero-order chi connectivity index (χ0) is 23.1. The Bertz CT molecular complexity index is 1110. The van der Waals surface area contributed by atoms with Crippen LogP contribution in [0.2, 0.25) is 0 Å². The Labute approximate surface area is 195 Å². The van der Waals surface area contributed by atoms with E-state index in [2.05, 4.69) is 26.2 Å². The highest BCUT2D eigenvalue weighted by Crippen LogP contribution is 2.50. The summed E-state index contributed by atoms with van der Waals surface area (Å²) < 4.78 is 48.1. The summed E-state index contributed by atoms with van der Waals surface area (Å²) in [5, 5.41) is 3.55. The number of esters is 1. The standard InChI is InChI=1S/C21H26BrFN4O4S/c1-3-31-20(28)19-25-18(22)11-26(19)10-14(2)24-15-8-21(9-15)12-27(13-21)32(29,30)17-7-5-4-6-16(17)23/h4-7,11,14-15,24H,3,8-10,12-13H2,1-2H3. The number of imidazole rings is 1. The van der Waals surface area contributed by atoms with Crippen LogP contribution in [0.3, 0.4) is 0 Å². The van der Waals surface area contributed by atoms with Crippen LogP contribution in [0.25, 0.3) is 0 Å². The van der Waals surface area contributed by atoms with Crippen LogP contribution in [0.1, 0.15) is 37.3 Å². The molecule has 0 amide bonds. The number of halogens is 2. The van der Waals surface area contributed by atoms with Crippen molar-refractivity contribution in [3.8, 4) is 0 Å². The van der Waals surface area contributed by atoms with Crippen molar-refractivity contribution in [2.75, 3.05) is 19.7 Å². The molecule has 1 aliphatic heterocycles. The number of rotatable bonds is 8. The molecule has 11 heteroatoms. The Hall–Kier alpha value is -1.82. The quantitative estimate of drug-likeness (QED) is 0.529. The zero-order valence-electron chi connectivity index (χ0n) is 17.9. The van der Waals surface area contributed by atoms with Gasteiger partial charge in [0, 0.05) is 43.3 Å². The van der Waals surface area contributed by atoms with E-state index in [-0.39, 0.29) is 34.8 Å². The number of sulfonamides is 1. The first-order valence-corrected chi connectivity index (χ1v) is 12.8. The molecular weight excluding hydrogens is 503 g/mol. The molecule has 1 saturated carbocycles. The maximum atomic E-state index is 13.9. The van der Waals surface area contributed by atoms with Crippen LogP contribution >= 0.6 is 15.9 Å². The lowest BCUT2D eigenvalue weighted by molar-refractivity contribution is -0.0367. The van der Waals surface area contributed by atoms with Gasteiger partial charge >= 0.3 is 5.97 Å². The Balaban J connectivity index is 1.29. The van der Waals surface area contributed by atoms with Crippen molar-refractivity contribution in [2.45, 2.75) is 50.2 Å². The van der Waals surface area contributed by atoms with E-state index in [1.807, 2.05) is 6.92 Å². The minimum atomic E-state index is -3.80. The van der Waals surface area contributed by atoms with Crippen LogP contribution in [0.5, 0.6) is 0 Å². The molecule has 0 bridgehead atoms. The van der Waals surface area contributed by atoms with Crippen LogP contribution < -0.4 is 5.32 Å². The first-order valence-electron chi connectivity index (χ1n) is 10.5. The van der Waals surface area contributed by atoms with Crippen molar-refractivity contribution < 1.29 is 22.3 Å². The molecule has 32 heavy (non-hydrogen) atoms. The summed E-state index contributed by atoms with van der Waals surface area (Å²) in [5.41, 5.74) is -0.0379. The van der Waals surface area contributed by atoms with Gasteiger partial charge in [0.2, 0.25) is 15.8 Å². The van der Waals surface area contributed by atoms with Gasteiger partial charge in [-0.1, -0.05) is 12.1 Å². The maximum absolute atomic E-state index is 13.9. The van der Waals surface area contributed by atoms with Gasteiger partial charge in [0.1, 0.15) is 15.3 Å². The SMILES string of the molecule is CCOC(=O)c1nc(Br)cn1CC(C)NC1CC2(C1)CN(S(=O)(=O)c1ccccc1F)C2. The van der Waals surface area contributed by atoms with Gasteiger partial charge < -0.3 is 14.6 Å². The Kier molecular flexibility index (Phi) is 6.45. The third kappa shape index (κ3) is 4.48. The molecule has 2 fully saturated rings. The second-order valence-corrected chi connectivity index (χ2v) is 11.4. The molecular formula is C21H26BrFN4O4S. The van der Waals surface area contributed by atoms with Gasteiger partial charge in [-0.2, -0.15) is 4.31 Å². The first-order chi connectivity index (χ1) is 15.1. The fraction of sp³-hybridized carbons (Fsp3) is 0.524. The number of nitrogens with one attached hydrogen (secondary N) is 1. The van der Waals surface area contributed by atoms with Crippen LogP contribution in [0.15, 0.2) is 40.0 Å². The Morgan fingerprint density at radius 1 is 1.38 bits per heavy atom. The van der Waals surface area contributed by atoms with Gasteiger partial charge in [0.25, 0.3) is 0 Å². The molecule has 2 aliphatic rings. The molecule has 1 atom stereocenters. The molecule has 1 N–H and O–H groups in total. The second-order valence-electron chi connectivity index (χ2n) is 8.64. The average molecular weight is 529 g/mol.